The summed E-state index contributed by atoms with van der Waals surface area (Å²) in [5, 5.41) is 12.3. The number of ether oxygens (including phenoxy) is 2. The van der Waals surface area contributed by atoms with Gasteiger partial charge in [0, 0.05) is 17.8 Å². The van der Waals surface area contributed by atoms with Gasteiger partial charge in [0.25, 0.3) is 0 Å². The van der Waals surface area contributed by atoms with E-state index >= 15 is 0 Å². The first-order valence-electron chi connectivity index (χ1n) is 8.15. The Hall–Kier alpha value is -1.85. The van der Waals surface area contributed by atoms with Crippen molar-refractivity contribution < 1.29 is 45.8 Å². The van der Waals surface area contributed by atoms with Gasteiger partial charge in [0.05, 0.1) is 11.3 Å². The minimum atomic E-state index is -6.03. The molecule has 1 heterocycles. The summed E-state index contributed by atoms with van der Waals surface area (Å²) < 4.78 is 72.8. The van der Waals surface area contributed by atoms with Gasteiger partial charge in [0.1, 0.15) is 12.2 Å². The number of hydrogen-bond donors (Lipinski definition) is 0. The predicted molar refractivity (Wildman–Crippen MR) is 80.2 cm³/mol. The number of esters is 2. The maximum Gasteiger partial charge on any atom is 0.518 e. The zero-order chi connectivity index (χ0) is 20.5. The molecule has 3 fully saturated rings. The van der Waals surface area contributed by atoms with Crippen molar-refractivity contribution in [2.45, 2.75) is 44.9 Å². The highest BCUT2D eigenvalue weighted by atomic mass is 32.2. The molecule has 0 spiro atoms. The largest absolute Gasteiger partial charge is 0.861 e. The Labute approximate surface area is 152 Å². The zero-order valence-corrected chi connectivity index (χ0v) is 15.3. The molecular weight excluding hydrogens is 395 g/mol. The molecule has 1 saturated heterocycles. The van der Waals surface area contributed by atoms with Crippen LogP contribution in [0.5, 0.6) is 0 Å². The second kappa shape index (κ2) is 5.82. The fourth-order valence-corrected chi connectivity index (χ4v) is 4.48. The second-order valence-electron chi connectivity index (χ2n) is 7.99. The average Bonchev–Trinajstić information content (AvgIpc) is 3.07. The quantitative estimate of drug-likeness (QED) is 0.373. The third kappa shape index (κ3) is 3.07. The molecule has 0 aromatic carbocycles. The molecule has 12 heteroatoms. The molecule has 1 aliphatic heterocycles. The van der Waals surface area contributed by atoms with Gasteiger partial charge in [-0.1, -0.05) is 0 Å². The summed E-state index contributed by atoms with van der Waals surface area (Å²) in [7, 11) is -6.03. The molecule has 2 saturated carbocycles. The van der Waals surface area contributed by atoms with E-state index in [1.807, 2.05) is 0 Å². The highest BCUT2D eigenvalue weighted by Gasteiger charge is 2.68. The van der Waals surface area contributed by atoms with Gasteiger partial charge in [0.15, 0.2) is 0 Å². The molecule has 3 aliphatic rings. The first kappa shape index (κ1) is 19.9. The summed E-state index contributed by atoms with van der Waals surface area (Å²) in [5.74, 6) is -6.90. The lowest BCUT2D eigenvalue weighted by atomic mass is 9.78. The lowest BCUT2D eigenvalue weighted by Gasteiger charge is -2.35. The molecule has 6 atom stereocenters. The fraction of sp³-hybridized carbons (Fsp3) is 0.800. The van der Waals surface area contributed by atoms with E-state index in [0.29, 0.717) is 0 Å². The van der Waals surface area contributed by atoms with Gasteiger partial charge < -0.3 is 14.6 Å². The van der Waals surface area contributed by atoms with E-state index in [2.05, 4.69) is 4.40 Å². The monoisotopic (exact) mass is 412 g/mol. The molecule has 27 heavy (non-hydrogen) atoms. The van der Waals surface area contributed by atoms with E-state index in [-0.39, 0.29) is 6.42 Å². The third-order valence-electron chi connectivity index (χ3n) is 5.19. The molecule has 2 bridgehead atoms. The molecule has 0 amide bonds. The number of hydrogen-bond acceptors (Lipinski definition) is 7. The Morgan fingerprint density at radius 3 is 2.37 bits per heavy atom. The Bertz CT molecular complexity index is 814. The van der Waals surface area contributed by atoms with Crippen molar-refractivity contribution in [3.63, 3.8) is 0 Å². The van der Waals surface area contributed by atoms with Gasteiger partial charge in [-0.25, -0.2) is 0 Å². The van der Waals surface area contributed by atoms with Crippen molar-refractivity contribution >= 4 is 27.9 Å². The number of sulfonamides is 1. The lowest BCUT2D eigenvalue weighted by Crippen LogP contribution is -2.47. The minimum absolute atomic E-state index is 0.196. The molecule has 0 aromatic rings. The van der Waals surface area contributed by atoms with Crippen molar-refractivity contribution in [3.05, 3.63) is 0 Å². The number of halogens is 3. The van der Waals surface area contributed by atoms with Crippen LogP contribution in [-0.4, -0.2) is 44.0 Å². The zero-order valence-electron chi connectivity index (χ0n) is 14.5. The third-order valence-corrected chi connectivity index (χ3v) is 6.19. The molecule has 0 aromatic heterocycles. The van der Waals surface area contributed by atoms with Gasteiger partial charge >= 0.3 is 27.5 Å². The Morgan fingerprint density at radius 1 is 1.26 bits per heavy atom. The number of nitrogens with zero attached hydrogens (tertiary/aromatic N) is 1. The van der Waals surface area contributed by atoms with Crippen LogP contribution in [0.15, 0.2) is 4.40 Å². The molecule has 2 aliphatic carbocycles. The molecule has 8 nitrogen and oxygen atoms in total. The molecule has 6 unspecified atom stereocenters. The van der Waals surface area contributed by atoms with Crippen LogP contribution >= 0.6 is 0 Å². The lowest BCUT2D eigenvalue weighted by molar-refractivity contribution is -0.228. The van der Waals surface area contributed by atoms with E-state index in [4.69, 9.17) is 9.47 Å². The summed E-state index contributed by atoms with van der Waals surface area (Å²) in [6.45, 7) is 4.75. The van der Waals surface area contributed by atoms with Gasteiger partial charge in [0.2, 0.25) is 0 Å². The van der Waals surface area contributed by atoms with Crippen LogP contribution in [0.1, 0.15) is 27.2 Å². The van der Waals surface area contributed by atoms with E-state index in [9.17, 15) is 36.3 Å². The minimum Gasteiger partial charge on any atom is -0.861 e. The van der Waals surface area contributed by atoms with E-state index in [0.717, 1.165) is 0 Å². The summed E-state index contributed by atoms with van der Waals surface area (Å²) in [5.41, 5.74) is -6.62. The average molecular weight is 412 g/mol. The van der Waals surface area contributed by atoms with Crippen molar-refractivity contribution in [3.8, 4) is 0 Å². The number of rotatable bonds is 3. The molecule has 152 valence electrons. The van der Waals surface area contributed by atoms with Gasteiger partial charge in [-0.3, -0.25) is 9.59 Å². The van der Waals surface area contributed by atoms with E-state index < -0.39 is 74.7 Å². The van der Waals surface area contributed by atoms with Crippen LogP contribution < -0.4 is 5.11 Å². The highest BCUT2D eigenvalue weighted by Crippen LogP contribution is 2.59. The van der Waals surface area contributed by atoms with Crippen molar-refractivity contribution in [2.75, 3.05) is 0 Å². The molecule has 3 rings (SSSR count). The first-order valence-corrected chi connectivity index (χ1v) is 9.59. The molecule has 0 radical (unpaired) electrons. The van der Waals surface area contributed by atoms with Crippen LogP contribution in [-0.2, 0) is 29.1 Å². The van der Waals surface area contributed by atoms with Crippen LogP contribution in [0.3, 0.4) is 0 Å². The maximum atomic E-state index is 12.5. The Balaban J connectivity index is 1.93. The van der Waals surface area contributed by atoms with Crippen LogP contribution in [0, 0.1) is 29.1 Å². The Morgan fingerprint density at radius 2 is 1.85 bits per heavy atom. The van der Waals surface area contributed by atoms with E-state index in [1.54, 1.807) is 20.8 Å². The molecule has 0 N–H and O–H groups in total. The van der Waals surface area contributed by atoms with Gasteiger partial charge in [-0.2, -0.15) is 26.0 Å². The smallest absolute Gasteiger partial charge is 0.518 e. The summed E-state index contributed by atoms with van der Waals surface area (Å²) >= 11 is 0. The van der Waals surface area contributed by atoms with E-state index in [1.165, 1.54) is 0 Å². The first-order chi connectivity index (χ1) is 12.1. The summed E-state index contributed by atoms with van der Waals surface area (Å²) in [6.07, 6.45) is -1.62. The van der Waals surface area contributed by atoms with Crippen LogP contribution in [0.4, 0.5) is 13.2 Å². The van der Waals surface area contributed by atoms with Crippen molar-refractivity contribution in [1.29, 1.82) is 0 Å². The molecular formula is C15H17F3NO7S-. The summed E-state index contributed by atoms with van der Waals surface area (Å²) in [6, 6.07) is 0. The van der Waals surface area contributed by atoms with Crippen molar-refractivity contribution in [2.24, 2.45) is 33.5 Å². The van der Waals surface area contributed by atoms with Crippen LogP contribution in [0.25, 0.3) is 0 Å². The second-order valence-corrected chi connectivity index (χ2v) is 9.58. The number of fused-ring (bicyclic) bond motifs is 1. The Kier molecular flexibility index (Phi) is 4.29. The van der Waals surface area contributed by atoms with Gasteiger partial charge in [-0.15, -0.1) is 0 Å². The number of carbonyl (C=O) groups excluding carboxylic acids is 2. The number of alkyl halides is 3. The fourth-order valence-electron chi connectivity index (χ4n) is 4.02. The summed E-state index contributed by atoms with van der Waals surface area (Å²) in [4.78, 5) is 24.2. The van der Waals surface area contributed by atoms with Gasteiger partial charge in [-0.05, 0) is 33.1 Å². The number of carbonyl (C=O) groups is 2. The maximum absolute atomic E-state index is 12.5. The SMILES string of the molecule is CC(C)(C)C(=O)OC1C2CC3C1OC(=O)C3C2/C([O-])=N/S(=O)(=O)C(F)(F)F. The highest BCUT2D eigenvalue weighted by molar-refractivity contribution is 7.91. The predicted octanol–water partition coefficient (Wildman–Crippen LogP) is 0.360. The topological polar surface area (TPSA) is 122 Å². The van der Waals surface area contributed by atoms with Crippen LogP contribution in [0.2, 0.25) is 0 Å². The normalized spacial score (nSPS) is 36.1. The standard InChI is InChI=1S/C15H18F3NO7S/c1-14(2,3)13(22)26-10-5-4-6-8(12(21)25-9(6)10)7(5)11(20)19-27(23,24)15(16,17)18/h5-10H,4H2,1-3H3,(H,19,20)/p-1. The van der Waals surface area contributed by atoms with Crippen molar-refractivity contribution in [1.82, 2.24) is 0 Å².